The molecule has 4 rings (SSSR count). The first-order valence-electron chi connectivity index (χ1n) is 6.67. The molecule has 0 N–H and O–H groups in total. The molecule has 0 radical (unpaired) electrons. The van der Waals surface area contributed by atoms with E-state index in [0.29, 0.717) is 12.1 Å². The minimum absolute atomic E-state index is 0.413. The van der Waals surface area contributed by atoms with Crippen molar-refractivity contribution < 1.29 is 4.74 Å². The number of aryl methyl sites for hydroxylation is 1. The Balaban J connectivity index is 1.69. The van der Waals surface area contributed by atoms with Crippen LogP contribution in [0.15, 0.2) is 30.7 Å². The van der Waals surface area contributed by atoms with Crippen molar-refractivity contribution in [2.45, 2.75) is 25.4 Å². The number of aromatic nitrogens is 3. The van der Waals surface area contributed by atoms with Crippen LogP contribution in [0.4, 0.5) is 5.82 Å². The number of fused-ring (bicyclic) bond motifs is 3. The lowest BCUT2D eigenvalue weighted by atomic mass is 10.1. The second-order valence-corrected chi connectivity index (χ2v) is 5.27. The van der Waals surface area contributed by atoms with E-state index in [9.17, 15) is 0 Å². The van der Waals surface area contributed by atoms with Crippen molar-refractivity contribution >= 4 is 5.82 Å². The zero-order valence-electron chi connectivity index (χ0n) is 10.9. The first-order chi connectivity index (χ1) is 9.33. The van der Waals surface area contributed by atoms with E-state index in [4.69, 9.17) is 4.74 Å². The van der Waals surface area contributed by atoms with E-state index >= 15 is 0 Å². The summed E-state index contributed by atoms with van der Waals surface area (Å²) in [4.78, 5) is 6.88. The van der Waals surface area contributed by atoms with E-state index in [1.165, 1.54) is 0 Å². The number of hydrogen-bond acceptors (Lipinski definition) is 4. The van der Waals surface area contributed by atoms with Gasteiger partial charge in [0.1, 0.15) is 6.61 Å². The summed E-state index contributed by atoms with van der Waals surface area (Å²) in [6, 6.07) is 4.80. The van der Waals surface area contributed by atoms with Gasteiger partial charge in [0, 0.05) is 25.1 Å². The third-order valence-corrected chi connectivity index (χ3v) is 4.07. The topological polar surface area (TPSA) is 43.2 Å². The Hall–Kier alpha value is -2.04. The molecule has 0 spiro atoms. The number of anilines is 1. The van der Waals surface area contributed by atoms with Crippen LogP contribution in [0.3, 0.4) is 0 Å². The van der Waals surface area contributed by atoms with Gasteiger partial charge < -0.3 is 9.64 Å². The Labute approximate surface area is 111 Å². The molecule has 0 aromatic carbocycles. The molecule has 2 atom stereocenters. The summed E-state index contributed by atoms with van der Waals surface area (Å²) in [7, 11) is 0. The number of nitrogens with zero attached hydrogens (tertiary/aromatic N) is 4. The fourth-order valence-corrected chi connectivity index (χ4v) is 3.09. The van der Waals surface area contributed by atoms with Crippen LogP contribution in [0.1, 0.15) is 18.0 Å². The lowest BCUT2D eigenvalue weighted by Gasteiger charge is -2.32. The smallest absolute Gasteiger partial charge is 0.172 e. The maximum atomic E-state index is 5.90. The number of hydrogen-bond donors (Lipinski definition) is 0. The lowest BCUT2D eigenvalue weighted by molar-refractivity contribution is 0.265. The van der Waals surface area contributed by atoms with Gasteiger partial charge in [-0.1, -0.05) is 0 Å². The van der Waals surface area contributed by atoms with E-state index in [2.05, 4.69) is 21.9 Å². The predicted molar refractivity (Wildman–Crippen MR) is 71.5 cm³/mol. The molecular weight excluding hydrogens is 240 g/mol. The van der Waals surface area contributed by atoms with E-state index in [1.54, 1.807) is 0 Å². The first kappa shape index (κ1) is 10.8. The molecule has 98 valence electrons. The fraction of sp³-hybridized carbons (Fsp3) is 0.429. The molecule has 19 heavy (non-hydrogen) atoms. The molecule has 1 fully saturated rings. The van der Waals surface area contributed by atoms with Crippen LogP contribution in [0.25, 0.3) is 0 Å². The molecule has 5 heteroatoms. The standard InChI is InChI=1S/C14H16N4O/c1-10-3-5-15-14-13(10)19-9-12-7-11(8-17(12)14)18-6-2-4-16-18/h2-6,11-12H,7-9H2,1H3/t11-,12-/m0/s1. The molecule has 1 saturated heterocycles. The Kier molecular flexibility index (Phi) is 2.27. The van der Waals surface area contributed by atoms with Gasteiger partial charge in [-0.05, 0) is 31.0 Å². The van der Waals surface area contributed by atoms with E-state index < -0.39 is 0 Å². The minimum atomic E-state index is 0.413. The largest absolute Gasteiger partial charge is 0.487 e. The first-order valence-corrected chi connectivity index (χ1v) is 6.67. The van der Waals surface area contributed by atoms with Crippen LogP contribution >= 0.6 is 0 Å². The van der Waals surface area contributed by atoms with Gasteiger partial charge in [-0.25, -0.2) is 4.98 Å². The number of ether oxygens (including phenoxy) is 1. The highest BCUT2D eigenvalue weighted by Gasteiger charge is 2.39. The summed E-state index contributed by atoms with van der Waals surface area (Å²) in [6.07, 6.45) is 6.80. The average molecular weight is 256 g/mol. The van der Waals surface area contributed by atoms with Gasteiger partial charge >= 0.3 is 0 Å². The van der Waals surface area contributed by atoms with Gasteiger partial charge in [-0.15, -0.1) is 0 Å². The zero-order valence-corrected chi connectivity index (χ0v) is 10.9. The van der Waals surface area contributed by atoms with Gasteiger partial charge in [0.15, 0.2) is 11.6 Å². The summed E-state index contributed by atoms with van der Waals surface area (Å²) in [6.45, 7) is 3.78. The zero-order chi connectivity index (χ0) is 12.8. The Bertz CT molecular complexity index is 595. The molecule has 0 amide bonds. The van der Waals surface area contributed by atoms with Gasteiger partial charge in [0.05, 0.1) is 12.1 Å². The van der Waals surface area contributed by atoms with Crippen molar-refractivity contribution in [2.24, 2.45) is 0 Å². The van der Waals surface area contributed by atoms with Gasteiger partial charge in [-0.2, -0.15) is 5.10 Å². The van der Waals surface area contributed by atoms with Crippen molar-refractivity contribution in [3.8, 4) is 5.75 Å². The van der Waals surface area contributed by atoms with Crippen molar-refractivity contribution in [1.82, 2.24) is 14.8 Å². The average Bonchev–Trinajstić information content (AvgIpc) is 3.08. The molecule has 0 unspecified atom stereocenters. The van der Waals surface area contributed by atoms with Gasteiger partial charge in [0.2, 0.25) is 0 Å². The van der Waals surface area contributed by atoms with Gasteiger partial charge in [0.25, 0.3) is 0 Å². The Morgan fingerprint density at radius 3 is 3.11 bits per heavy atom. The number of pyridine rings is 1. The summed E-state index contributed by atoms with van der Waals surface area (Å²) in [5, 5.41) is 4.36. The van der Waals surface area contributed by atoms with Gasteiger partial charge in [-0.3, -0.25) is 4.68 Å². The van der Waals surface area contributed by atoms with Crippen molar-refractivity contribution in [2.75, 3.05) is 18.1 Å². The highest BCUT2D eigenvalue weighted by Crippen LogP contribution is 2.40. The molecule has 2 aromatic rings. The minimum Gasteiger partial charge on any atom is -0.487 e. The van der Waals surface area contributed by atoms with Crippen LogP contribution in [0, 0.1) is 6.92 Å². The van der Waals surface area contributed by atoms with Crippen molar-refractivity contribution in [3.05, 3.63) is 36.3 Å². The number of rotatable bonds is 1. The second-order valence-electron chi connectivity index (χ2n) is 5.27. The van der Waals surface area contributed by atoms with Crippen LogP contribution in [-0.2, 0) is 0 Å². The maximum absolute atomic E-state index is 5.90. The Morgan fingerprint density at radius 1 is 1.32 bits per heavy atom. The van der Waals surface area contributed by atoms with Crippen molar-refractivity contribution in [1.29, 1.82) is 0 Å². The normalized spacial score (nSPS) is 24.8. The lowest BCUT2D eigenvalue weighted by Crippen LogP contribution is -2.39. The SMILES string of the molecule is Cc1ccnc2c1OC[C@@H]1C[C@H](n3cccn3)CN21. The highest BCUT2D eigenvalue weighted by atomic mass is 16.5. The predicted octanol–water partition coefficient (Wildman–Crippen LogP) is 1.80. The molecule has 2 aliphatic heterocycles. The Morgan fingerprint density at radius 2 is 2.26 bits per heavy atom. The third kappa shape index (κ3) is 1.61. The van der Waals surface area contributed by atoms with Crippen LogP contribution in [0.5, 0.6) is 5.75 Å². The summed E-state index contributed by atoms with van der Waals surface area (Å²) in [5.74, 6) is 1.94. The summed E-state index contributed by atoms with van der Waals surface area (Å²) < 4.78 is 7.95. The summed E-state index contributed by atoms with van der Waals surface area (Å²) >= 11 is 0. The molecular formula is C14H16N4O. The van der Waals surface area contributed by atoms with E-state index in [1.807, 2.05) is 35.4 Å². The fourth-order valence-electron chi connectivity index (χ4n) is 3.09. The monoisotopic (exact) mass is 256 g/mol. The second kappa shape index (κ2) is 3.98. The van der Waals surface area contributed by atoms with E-state index in [0.717, 1.165) is 36.7 Å². The molecule has 2 aliphatic rings. The molecule has 0 aliphatic carbocycles. The molecule has 4 heterocycles. The molecule has 5 nitrogen and oxygen atoms in total. The third-order valence-electron chi connectivity index (χ3n) is 4.07. The van der Waals surface area contributed by atoms with E-state index in [-0.39, 0.29) is 0 Å². The molecule has 0 bridgehead atoms. The van der Waals surface area contributed by atoms with Crippen molar-refractivity contribution in [3.63, 3.8) is 0 Å². The highest BCUT2D eigenvalue weighted by molar-refractivity contribution is 5.59. The summed E-state index contributed by atoms with van der Waals surface area (Å²) in [5.41, 5.74) is 1.16. The molecule has 2 aromatic heterocycles. The molecule has 0 saturated carbocycles. The van der Waals surface area contributed by atoms with Crippen LogP contribution in [-0.4, -0.2) is 34.0 Å². The quantitative estimate of drug-likeness (QED) is 0.780. The van der Waals surface area contributed by atoms with Crippen LogP contribution < -0.4 is 9.64 Å². The van der Waals surface area contributed by atoms with Crippen LogP contribution in [0.2, 0.25) is 0 Å². The maximum Gasteiger partial charge on any atom is 0.172 e.